The number of carboxylic acid groups (broad SMARTS) is 1. The molecule has 0 unspecified atom stereocenters. The Hall–Kier alpha value is -2.62. The van der Waals surface area contributed by atoms with Crippen molar-refractivity contribution in [3.05, 3.63) is 35.9 Å². The van der Waals surface area contributed by atoms with Crippen molar-refractivity contribution in [2.45, 2.75) is 49.6 Å². The molecule has 2 heterocycles. The first kappa shape index (κ1) is 20.1. The number of aliphatic carboxylic acids is 1. The minimum absolute atomic E-state index is 0.215. The largest absolute Gasteiger partial charge is 0.480 e. The quantitative estimate of drug-likeness (QED) is 0.685. The Labute approximate surface area is 162 Å². The number of rotatable bonds is 5. The lowest BCUT2D eigenvalue weighted by Crippen LogP contribution is -2.66. The fraction of sp³-hybridized carbons (Fsp3) is 0.500. The van der Waals surface area contributed by atoms with Gasteiger partial charge in [0.05, 0.1) is 4.75 Å². The second-order valence-electron chi connectivity index (χ2n) is 7.50. The number of hydrogen-bond donors (Lipinski definition) is 2. The average Bonchev–Trinajstić information content (AvgIpc) is 2.75. The summed E-state index contributed by atoms with van der Waals surface area (Å²) in [5.41, 5.74) is 0.849. The maximum absolute atomic E-state index is 12.8. The monoisotopic (exact) mass is 410 g/mol. The van der Waals surface area contributed by atoms with Gasteiger partial charge in [-0.05, 0) is 26.3 Å². The smallest absolute Gasteiger partial charge is 0.407 e. The highest BCUT2D eigenvalue weighted by molar-refractivity contribution is 7.93. The zero-order chi connectivity index (χ0) is 20.9. The standard InChI is InChI=1S/C18H22N2O7S/c1-10(27-17(24)19-9-11-7-5-4-6-8-11)12-14(21)20-13(16(22)23)18(2,3)28(25,26)15(12)20/h4-8,10,12-13,15H,9H2,1-3H3,(H,19,24)(H,22,23)/t10-,12-,13+,15-/m1/s1. The van der Waals surface area contributed by atoms with Crippen LogP contribution in [0.5, 0.6) is 0 Å². The minimum Gasteiger partial charge on any atom is -0.480 e. The predicted octanol–water partition coefficient (Wildman–Crippen LogP) is 0.746. The van der Waals surface area contributed by atoms with E-state index in [4.69, 9.17) is 4.74 Å². The van der Waals surface area contributed by atoms with Crippen molar-refractivity contribution in [3.8, 4) is 0 Å². The van der Waals surface area contributed by atoms with Crippen LogP contribution < -0.4 is 5.32 Å². The lowest BCUT2D eigenvalue weighted by molar-refractivity contribution is -0.168. The third kappa shape index (κ3) is 2.92. The fourth-order valence-electron chi connectivity index (χ4n) is 3.83. The van der Waals surface area contributed by atoms with Crippen molar-refractivity contribution in [2.24, 2.45) is 5.92 Å². The van der Waals surface area contributed by atoms with Crippen molar-refractivity contribution in [2.75, 3.05) is 0 Å². The Morgan fingerprint density at radius 2 is 1.89 bits per heavy atom. The number of carbonyl (C=O) groups is 3. The Morgan fingerprint density at radius 3 is 2.46 bits per heavy atom. The predicted molar refractivity (Wildman–Crippen MR) is 97.8 cm³/mol. The van der Waals surface area contributed by atoms with Crippen molar-refractivity contribution >= 4 is 27.8 Å². The number of carboxylic acids is 1. The maximum Gasteiger partial charge on any atom is 0.407 e. The van der Waals surface area contributed by atoms with E-state index in [1.54, 1.807) is 0 Å². The third-order valence-electron chi connectivity index (χ3n) is 5.42. The molecule has 28 heavy (non-hydrogen) atoms. The van der Waals surface area contributed by atoms with Crippen LogP contribution in [0.15, 0.2) is 30.3 Å². The number of sulfone groups is 1. The Kier molecular flexibility index (Phi) is 4.86. The van der Waals surface area contributed by atoms with E-state index >= 15 is 0 Å². The van der Waals surface area contributed by atoms with Crippen molar-refractivity contribution < 1.29 is 32.6 Å². The molecule has 2 fully saturated rings. The SMILES string of the molecule is C[C@@H](OC(=O)NCc1ccccc1)[C@@H]1C(=O)N2[C@@H](C(=O)O)C(C)(C)S(=O)(=O)[C@H]12. The highest BCUT2D eigenvalue weighted by atomic mass is 32.2. The topological polar surface area (TPSA) is 130 Å². The first-order valence-electron chi connectivity index (χ1n) is 8.77. The van der Waals surface area contributed by atoms with Gasteiger partial charge in [0.15, 0.2) is 15.2 Å². The van der Waals surface area contributed by atoms with Gasteiger partial charge in [0.25, 0.3) is 0 Å². The lowest BCUT2D eigenvalue weighted by Gasteiger charge is -2.44. The Bertz CT molecular complexity index is 913. The van der Waals surface area contributed by atoms with E-state index in [0.29, 0.717) is 0 Å². The number of β-lactam (4-membered cyclic amide) rings is 1. The second kappa shape index (κ2) is 6.77. The average molecular weight is 410 g/mol. The van der Waals surface area contributed by atoms with Gasteiger partial charge in [-0.2, -0.15) is 0 Å². The van der Waals surface area contributed by atoms with Crippen LogP contribution in [0.25, 0.3) is 0 Å². The normalized spacial score (nSPS) is 28.0. The third-order valence-corrected chi connectivity index (χ3v) is 8.27. The molecule has 0 aliphatic carbocycles. The second-order valence-corrected chi connectivity index (χ2v) is 10.1. The highest BCUT2D eigenvalue weighted by Gasteiger charge is 2.73. The van der Waals surface area contributed by atoms with Crippen LogP contribution >= 0.6 is 0 Å². The van der Waals surface area contributed by atoms with Crippen LogP contribution in [0.2, 0.25) is 0 Å². The van der Waals surface area contributed by atoms with Crippen molar-refractivity contribution in [1.29, 1.82) is 0 Å². The molecule has 2 saturated heterocycles. The molecular weight excluding hydrogens is 388 g/mol. The minimum atomic E-state index is -3.97. The molecule has 9 nitrogen and oxygen atoms in total. The number of nitrogens with one attached hydrogen (secondary N) is 1. The number of alkyl carbamates (subject to hydrolysis) is 1. The summed E-state index contributed by atoms with van der Waals surface area (Å²) in [5.74, 6) is -3.15. The summed E-state index contributed by atoms with van der Waals surface area (Å²) in [6.45, 7) is 4.23. The molecule has 3 rings (SSSR count). The van der Waals surface area contributed by atoms with E-state index in [0.717, 1.165) is 10.5 Å². The summed E-state index contributed by atoms with van der Waals surface area (Å²) in [6, 6.07) is 7.64. The molecule has 2 N–H and O–H groups in total. The fourth-order valence-corrected chi connectivity index (χ4v) is 6.23. The molecule has 2 aliphatic rings. The number of nitrogens with zero attached hydrogens (tertiary/aromatic N) is 1. The van der Waals surface area contributed by atoms with E-state index in [1.807, 2.05) is 30.3 Å². The van der Waals surface area contributed by atoms with E-state index in [2.05, 4.69) is 5.32 Å². The van der Waals surface area contributed by atoms with Crippen LogP contribution in [0, 0.1) is 5.92 Å². The van der Waals surface area contributed by atoms with Crippen LogP contribution in [0.3, 0.4) is 0 Å². The van der Waals surface area contributed by atoms with Gasteiger partial charge in [0.1, 0.15) is 18.1 Å². The van der Waals surface area contributed by atoms with E-state index in [-0.39, 0.29) is 6.54 Å². The molecule has 0 radical (unpaired) electrons. The van der Waals surface area contributed by atoms with Gasteiger partial charge in [-0.15, -0.1) is 0 Å². The molecule has 0 bridgehead atoms. The van der Waals surface area contributed by atoms with Crippen LogP contribution in [-0.2, 0) is 30.7 Å². The van der Waals surface area contributed by atoms with Gasteiger partial charge in [-0.1, -0.05) is 30.3 Å². The van der Waals surface area contributed by atoms with Gasteiger partial charge < -0.3 is 20.1 Å². The zero-order valence-corrected chi connectivity index (χ0v) is 16.5. The van der Waals surface area contributed by atoms with Crippen LogP contribution in [0.4, 0.5) is 4.79 Å². The number of ether oxygens (including phenoxy) is 1. The number of amides is 2. The molecule has 152 valence electrons. The maximum atomic E-state index is 12.8. The van der Waals surface area contributed by atoms with E-state index in [1.165, 1.54) is 20.8 Å². The summed E-state index contributed by atoms with van der Waals surface area (Å²) in [4.78, 5) is 37.0. The molecule has 2 amide bonds. The molecule has 1 aromatic carbocycles. The van der Waals surface area contributed by atoms with Gasteiger partial charge in [-0.3, -0.25) is 4.79 Å². The molecule has 0 aromatic heterocycles. The number of carbonyl (C=O) groups excluding carboxylic acids is 2. The Balaban J connectivity index is 1.70. The molecule has 10 heteroatoms. The van der Waals surface area contributed by atoms with Gasteiger partial charge in [0.2, 0.25) is 5.91 Å². The summed E-state index contributed by atoms with van der Waals surface area (Å²) in [5, 5.41) is 10.6. The van der Waals surface area contributed by atoms with E-state index < -0.39 is 56.0 Å². The molecule has 1 aromatic rings. The van der Waals surface area contributed by atoms with Gasteiger partial charge in [0, 0.05) is 6.54 Å². The van der Waals surface area contributed by atoms with Crippen molar-refractivity contribution in [3.63, 3.8) is 0 Å². The highest BCUT2D eigenvalue weighted by Crippen LogP contribution is 2.49. The van der Waals surface area contributed by atoms with Gasteiger partial charge in [-0.25, -0.2) is 18.0 Å². The van der Waals surface area contributed by atoms with Crippen LogP contribution in [0.1, 0.15) is 26.3 Å². The number of fused-ring (bicyclic) bond motifs is 1. The summed E-state index contributed by atoms with van der Waals surface area (Å²) in [7, 11) is -3.97. The lowest BCUT2D eigenvalue weighted by atomic mass is 9.88. The van der Waals surface area contributed by atoms with Gasteiger partial charge >= 0.3 is 12.1 Å². The Morgan fingerprint density at radius 1 is 1.29 bits per heavy atom. The molecular formula is C18H22N2O7S. The molecule has 0 saturated carbocycles. The summed E-state index contributed by atoms with van der Waals surface area (Å²) < 4.78 is 29.2. The molecule has 4 atom stereocenters. The number of benzene rings is 1. The summed E-state index contributed by atoms with van der Waals surface area (Å²) >= 11 is 0. The van der Waals surface area contributed by atoms with E-state index in [9.17, 15) is 27.9 Å². The molecule has 0 spiro atoms. The summed E-state index contributed by atoms with van der Waals surface area (Å²) in [6.07, 6.45) is -1.81. The first-order valence-corrected chi connectivity index (χ1v) is 10.3. The molecule has 2 aliphatic heterocycles. The first-order chi connectivity index (χ1) is 13.0. The van der Waals surface area contributed by atoms with Crippen LogP contribution in [-0.4, -0.2) is 58.7 Å². The van der Waals surface area contributed by atoms with Crippen molar-refractivity contribution in [1.82, 2.24) is 10.2 Å². The zero-order valence-electron chi connectivity index (χ0n) is 15.7. The number of hydrogen-bond acceptors (Lipinski definition) is 6.